The largest absolute Gasteiger partial charge is 0.490 e. The first-order valence-corrected chi connectivity index (χ1v) is 10.2. The monoisotopic (exact) mass is 381 g/mol. The second-order valence-electron chi connectivity index (χ2n) is 8.06. The normalized spacial score (nSPS) is 22.4. The van der Waals surface area contributed by atoms with E-state index in [1.54, 1.807) is 0 Å². The number of nitrogens with zero attached hydrogens (tertiary/aromatic N) is 2. The van der Waals surface area contributed by atoms with Gasteiger partial charge < -0.3 is 19.5 Å². The van der Waals surface area contributed by atoms with Crippen LogP contribution in [0.4, 0.5) is 0 Å². The molecule has 5 rings (SSSR count). The predicted octanol–water partition coefficient (Wildman–Crippen LogP) is 2.63. The van der Waals surface area contributed by atoms with Gasteiger partial charge in [0.1, 0.15) is 24.3 Å². The number of fused-ring (bicyclic) bond motifs is 3. The fourth-order valence-electron chi connectivity index (χ4n) is 4.74. The van der Waals surface area contributed by atoms with E-state index in [9.17, 15) is 0 Å². The summed E-state index contributed by atoms with van der Waals surface area (Å²) in [5, 5.41) is 3.44. The lowest BCUT2D eigenvalue weighted by atomic mass is 9.80. The molecule has 1 aromatic carbocycles. The molecule has 148 valence electrons. The first kappa shape index (κ1) is 17.9. The van der Waals surface area contributed by atoms with Gasteiger partial charge in [0.05, 0.1) is 12.2 Å². The highest BCUT2D eigenvalue weighted by Crippen LogP contribution is 2.41. The summed E-state index contributed by atoms with van der Waals surface area (Å²) in [6.45, 7) is 7.24. The van der Waals surface area contributed by atoms with Crippen LogP contribution in [0.3, 0.4) is 0 Å². The standard InChI is InChI=1S/C22H27N3O3/c1-14-19-12-18(28-21(19)25-15(2)24-14)13-26-17-3-4-20-16(11-17)5-10-27-22(20)6-8-23-9-7-22/h3-4,11,18,23H,5-10,12-13H2,1-2H3. The highest BCUT2D eigenvalue weighted by Gasteiger charge is 2.39. The molecule has 1 spiro atoms. The van der Waals surface area contributed by atoms with Gasteiger partial charge in [0.2, 0.25) is 5.88 Å². The van der Waals surface area contributed by atoms with E-state index in [1.807, 2.05) is 13.8 Å². The second-order valence-corrected chi connectivity index (χ2v) is 8.06. The van der Waals surface area contributed by atoms with Crippen molar-refractivity contribution in [3.8, 4) is 11.6 Å². The number of hydrogen-bond donors (Lipinski definition) is 1. The first-order chi connectivity index (χ1) is 13.6. The van der Waals surface area contributed by atoms with E-state index in [0.29, 0.717) is 12.5 Å². The topological polar surface area (TPSA) is 65.5 Å². The van der Waals surface area contributed by atoms with Crippen LogP contribution < -0.4 is 14.8 Å². The smallest absolute Gasteiger partial charge is 0.220 e. The number of aryl methyl sites for hydroxylation is 2. The molecule has 1 aromatic heterocycles. The lowest BCUT2D eigenvalue weighted by Gasteiger charge is -2.42. The zero-order chi connectivity index (χ0) is 19.1. The SMILES string of the molecule is Cc1nc(C)c2c(n1)OC(COc1ccc3c(c1)CCOC31CCNCC1)C2. The van der Waals surface area contributed by atoms with Crippen molar-refractivity contribution in [3.05, 3.63) is 46.4 Å². The van der Waals surface area contributed by atoms with Crippen LogP contribution in [0.25, 0.3) is 0 Å². The van der Waals surface area contributed by atoms with Crippen LogP contribution in [0.1, 0.15) is 41.1 Å². The third-order valence-electron chi connectivity index (χ3n) is 6.16. The minimum absolute atomic E-state index is 0.0140. The van der Waals surface area contributed by atoms with E-state index in [1.165, 1.54) is 11.1 Å². The van der Waals surface area contributed by atoms with Crippen molar-refractivity contribution in [1.82, 2.24) is 15.3 Å². The van der Waals surface area contributed by atoms with Gasteiger partial charge in [-0.2, -0.15) is 4.98 Å². The Hall–Kier alpha value is -2.18. The molecule has 0 bridgehead atoms. The van der Waals surface area contributed by atoms with E-state index in [-0.39, 0.29) is 11.7 Å². The Morgan fingerprint density at radius 1 is 1.21 bits per heavy atom. The summed E-state index contributed by atoms with van der Waals surface area (Å²) in [4.78, 5) is 8.86. The molecule has 0 radical (unpaired) electrons. The maximum atomic E-state index is 6.26. The maximum Gasteiger partial charge on any atom is 0.220 e. The third kappa shape index (κ3) is 3.14. The van der Waals surface area contributed by atoms with Gasteiger partial charge in [-0.05, 0) is 69.5 Å². The number of piperidine rings is 1. The Labute approximate surface area is 165 Å². The molecule has 4 heterocycles. The second kappa shape index (κ2) is 7.01. The van der Waals surface area contributed by atoms with Crippen LogP contribution in [-0.2, 0) is 23.2 Å². The number of hydrogen-bond acceptors (Lipinski definition) is 6. The van der Waals surface area contributed by atoms with E-state index in [4.69, 9.17) is 14.2 Å². The Kier molecular flexibility index (Phi) is 4.48. The predicted molar refractivity (Wildman–Crippen MR) is 105 cm³/mol. The summed E-state index contributed by atoms with van der Waals surface area (Å²) in [6, 6.07) is 6.48. The molecule has 1 atom stereocenters. The minimum Gasteiger partial charge on any atom is -0.490 e. The summed E-state index contributed by atoms with van der Waals surface area (Å²) < 4.78 is 18.4. The van der Waals surface area contributed by atoms with Gasteiger partial charge in [-0.25, -0.2) is 4.98 Å². The van der Waals surface area contributed by atoms with E-state index in [0.717, 1.165) is 68.2 Å². The summed E-state index contributed by atoms with van der Waals surface area (Å²) >= 11 is 0. The van der Waals surface area contributed by atoms with Crippen molar-refractivity contribution < 1.29 is 14.2 Å². The fraction of sp³-hybridized carbons (Fsp3) is 0.545. The van der Waals surface area contributed by atoms with Crippen molar-refractivity contribution in [2.45, 2.75) is 51.2 Å². The molecule has 3 aliphatic rings. The molecule has 1 N–H and O–H groups in total. The molecule has 0 amide bonds. The van der Waals surface area contributed by atoms with E-state index < -0.39 is 0 Å². The van der Waals surface area contributed by atoms with Crippen LogP contribution in [0.5, 0.6) is 11.6 Å². The summed E-state index contributed by atoms with van der Waals surface area (Å²) in [7, 11) is 0. The van der Waals surface area contributed by atoms with Crippen LogP contribution in [0.15, 0.2) is 18.2 Å². The molecule has 28 heavy (non-hydrogen) atoms. The minimum atomic E-state index is -0.109. The number of aromatic nitrogens is 2. The number of rotatable bonds is 3. The lowest BCUT2D eigenvalue weighted by Crippen LogP contribution is -2.44. The van der Waals surface area contributed by atoms with Crippen molar-refractivity contribution in [1.29, 1.82) is 0 Å². The quantitative estimate of drug-likeness (QED) is 0.882. The fourth-order valence-corrected chi connectivity index (χ4v) is 4.74. The summed E-state index contributed by atoms with van der Waals surface area (Å²) in [5.41, 5.74) is 4.71. The van der Waals surface area contributed by atoms with Crippen LogP contribution in [-0.4, -0.2) is 42.4 Å². The van der Waals surface area contributed by atoms with Gasteiger partial charge >= 0.3 is 0 Å². The Bertz CT molecular complexity index is 893. The van der Waals surface area contributed by atoms with Gasteiger partial charge in [0, 0.05) is 17.7 Å². The highest BCUT2D eigenvalue weighted by molar-refractivity contribution is 5.41. The molecule has 0 saturated carbocycles. The zero-order valence-corrected chi connectivity index (χ0v) is 16.6. The Balaban J connectivity index is 1.28. The van der Waals surface area contributed by atoms with Crippen LogP contribution in [0.2, 0.25) is 0 Å². The van der Waals surface area contributed by atoms with Crippen molar-refractivity contribution >= 4 is 0 Å². The van der Waals surface area contributed by atoms with Crippen LogP contribution in [0, 0.1) is 13.8 Å². The number of benzene rings is 1. The molecule has 6 nitrogen and oxygen atoms in total. The average Bonchev–Trinajstić information content (AvgIpc) is 3.10. The molecule has 0 aliphatic carbocycles. The van der Waals surface area contributed by atoms with Gasteiger partial charge in [0.25, 0.3) is 0 Å². The van der Waals surface area contributed by atoms with Crippen molar-refractivity contribution in [3.63, 3.8) is 0 Å². The molecular weight excluding hydrogens is 354 g/mol. The lowest BCUT2D eigenvalue weighted by molar-refractivity contribution is -0.0802. The average molecular weight is 381 g/mol. The molecule has 1 fully saturated rings. The molecule has 6 heteroatoms. The van der Waals surface area contributed by atoms with Crippen LogP contribution >= 0.6 is 0 Å². The molecule has 3 aliphatic heterocycles. The summed E-state index contributed by atoms with van der Waals surface area (Å²) in [5.74, 6) is 2.37. The zero-order valence-electron chi connectivity index (χ0n) is 16.6. The van der Waals surface area contributed by atoms with Crippen molar-refractivity contribution in [2.24, 2.45) is 0 Å². The van der Waals surface area contributed by atoms with Crippen molar-refractivity contribution in [2.75, 3.05) is 26.3 Å². The molecule has 1 unspecified atom stereocenters. The summed E-state index contributed by atoms with van der Waals surface area (Å²) in [6.07, 6.45) is 3.81. The Morgan fingerprint density at radius 3 is 2.93 bits per heavy atom. The molecule has 2 aromatic rings. The third-order valence-corrected chi connectivity index (χ3v) is 6.16. The Morgan fingerprint density at radius 2 is 2.07 bits per heavy atom. The molecular formula is C22H27N3O3. The van der Waals surface area contributed by atoms with E-state index in [2.05, 4.69) is 33.5 Å². The number of ether oxygens (including phenoxy) is 3. The van der Waals surface area contributed by atoms with Gasteiger partial charge in [-0.15, -0.1) is 0 Å². The number of nitrogens with one attached hydrogen (secondary N) is 1. The molecule has 1 saturated heterocycles. The first-order valence-electron chi connectivity index (χ1n) is 10.2. The van der Waals surface area contributed by atoms with Gasteiger partial charge in [-0.1, -0.05) is 6.07 Å². The highest BCUT2D eigenvalue weighted by atomic mass is 16.5. The van der Waals surface area contributed by atoms with Gasteiger partial charge in [0.15, 0.2) is 0 Å². The van der Waals surface area contributed by atoms with E-state index >= 15 is 0 Å². The maximum absolute atomic E-state index is 6.26. The van der Waals surface area contributed by atoms with Gasteiger partial charge in [-0.3, -0.25) is 0 Å².